The molecule has 9 rings (SSSR count). The Morgan fingerprint density at radius 3 is 1.08 bits per heavy atom. The van der Waals surface area contributed by atoms with E-state index in [1.165, 1.54) is 0 Å². The number of anilines is 6. The van der Waals surface area contributed by atoms with Crippen LogP contribution in [0.2, 0.25) is 0 Å². The molecule has 0 bridgehead atoms. The lowest BCUT2D eigenvalue weighted by atomic mass is 9.85. The average molecular weight is 671 g/mol. The fraction of sp³-hybridized carbons (Fsp3) is 0.0435. The Labute approximate surface area is 302 Å². The highest BCUT2D eigenvalue weighted by atomic mass is 16.5. The lowest BCUT2D eigenvalue weighted by Gasteiger charge is -2.38. The minimum Gasteiger partial charge on any atom is -0.453 e. The Hall–Kier alpha value is -7.28. The summed E-state index contributed by atoms with van der Waals surface area (Å²) >= 11 is 0. The largest absolute Gasteiger partial charge is 0.453 e. The second kappa shape index (κ2) is 12.6. The van der Waals surface area contributed by atoms with Gasteiger partial charge in [-0.1, -0.05) is 79.7 Å². The van der Waals surface area contributed by atoms with Crippen LogP contribution in [0.1, 0.15) is 23.6 Å². The average Bonchev–Trinajstić information content (AvgIpc) is 3.21. The van der Waals surface area contributed by atoms with Crippen molar-refractivity contribution in [3.8, 4) is 57.4 Å². The molecule has 2 aliphatic rings. The van der Waals surface area contributed by atoms with Gasteiger partial charge in [0, 0.05) is 11.1 Å². The molecule has 0 fully saturated rings. The van der Waals surface area contributed by atoms with Crippen LogP contribution in [-0.2, 0) is 6.42 Å². The number of nitriles is 2. The number of hydrogen-bond acceptors (Lipinski definition) is 6. The molecule has 7 aromatic rings. The van der Waals surface area contributed by atoms with Crippen molar-refractivity contribution in [2.75, 3.05) is 9.80 Å². The summed E-state index contributed by atoms with van der Waals surface area (Å²) < 4.78 is 13.0. The van der Waals surface area contributed by atoms with Crippen LogP contribution in [0, 0.1) is 22.7 Å². The maximum absolute atomic E-state index is 9.74. The Kier molecular flexibility index (Phi) is 7.43. The molecular weight excluding hydrogens is 641 g/mol. The first-order chi connectivity index (χ1) is 25.7. The van der Waals surface area contributed by atoms with Gasteiger partial charge in [0.2, 0.25) is 0 Å². The number of hydrogen-bond donors (Lipinski definition) is 0. The van der Waals surface area contributed by atoms with Crippen molar-refractivity contribution in [2.24, 2.45) is 0 Å². The predicted octanol–water partition coefficient (Wildman–Crippen LogP) is 12.5. The van der Waals surface area contributed by atoms with E-state index in [2.05, 4.69) is 59.2 Å². The second-order valence-corrected chi connectivity index (χ2v) is 12.6. The summed E-state index contributed by atoms with van der Waals surface area (Å²) in [4.78, 5) is 4.59. The van der Waals surface area contributed by atoms with Gasteiger partial charge in [-0.05, 0) is 102 Å². The van der Waals surface area contributed by atoms with Crippen LogP contribution in [0.4, 0.5) is 34.1 Å². The number of para-hydroxylation sites is 8. The zero-order valence-electron chi connectivity index (χ0n) is 28.2. The summed E-state index contributed by atoms with van der Waals surface area (Å²) in [7, 11) is 0. The minimum absolute atomic E-state index is 0.593. The zero-order valence-corrected chi connectivity index (χ0v) is 28.2. The molecule has 0 aromatic heterocycles. The first-order valence-electron chi connectivity index (χ1n) is 17.2. The van der Waals surface area contributed by atoms with Crippen molar-refractivity contribution in [3.63, 3.8) is 0 Å². The van der Waals surface area contributed by atoms with Gasteiger partial charge in [-0.25, -0.2) is 0 Å². The van der Waals surface area contributed by atoms with E-state index in [4.69, 9.17) is 9.47 Å². The quantitative estimate of drug-likeness (QED) is 0.181. The van der Waals surface area contributed by atoms with Gasteiger partial charge in [0.05, 0.1) is 57.4 Å². The van der Waals surface area contributed by atoms with Gasteiger partial charge in [-0.3, -0.25) is 0 Å². The Bertz CT molecular complexity index is 2330. The number of rotatable bonds is 5. The molecule has 0 saturated carbocycles. The number of benzene rings is 7. The summed E-state index contributed by atoms with van der Waals surface area (Å²) in [5.74, 6) is 3.02. The predicted molar refractivity (Wildman–Crippen MR) is 206 cm³/mol. The molecule has 6 nitrogen and oxygen atoms in total. The van der Waals surface area contributed by atoms with Crippen LogP contribution < -0.4 is 19.3 Å². The van der Waals surface area contributed by atoms with Gasteiger partial charge in [-0.2, -0.15) is 10.5 Å². The molecule has 0 radical (unpaired) electrons. The fourth-order valence-corrected chi connectivity index (χ4v) is 7.41. The lowest BCUT2D eigenvalue weighted by Crippen LogP contribution is -2.20. The monoisotopic (exact) mass is 670 g/mol. The van der Waals surface area contributed by atoms with Crippen molar-refractivity contribution < 1.29 is 9.47 Å². The molecule has 7 aromatic carbocycles. The highest BCUT2D eigenvalue weighted by molar-refractivity contribution is 6.03. The van der Waals surface area contributed by atoms with E-state index in [0.29, 0.717) is 17.5 Å². The third kappa shape index (κ3) is 4.94. The van der Waals surface area contributed by atoms with Gasteiger partial charge in [0.1, 0.15) is 0 Å². The van der Waals surface area contributed by atoms with Crippen LogP contribution in [0.3, 0.4) is 0 Å². The summed E-state index contributed by atoms with van der Waals surface area (Å²) in [5.41, 5.74) is 11.9. The first-order valence-corrected chi connectivity index (χ1v) is 17.2. The van der Waals surface area contributed by atoms with Crippen molar-refractivity contribution in [2.45, 2.75) is 13.3 Å². The van der Waals surface area contributed by atoms with Gasteiger partial charge in [-0.15, -0.1) is 0 Å². The maximum atomic E-state index is 9.74. The molecule has 0 amide bonds. The van der Waals surface area contributed by atoms with E-state index in [-0.39, 0.29) is 0 Å². The van der Waals surface area contributed by atoms with E-state index in [0.717, 1.165) is 84.9 Å². The number of ether oxygens (including phenoxy) is 2. The van der Waals surface area contributed by atoms with Crippen LogP contribution in [0.15, 0.2) is 152 Å². The highest BCUT2D eigenvalue weighted by Gasteiger charge is 2.34. The standard InChI is InChI=1S/C46H30N4O2/c1-2-34-45(32-23-19-30(28-47)20-24-32)39(49-35-11-3-7-15-41(35)51-42-16-8-4-12-36(42)49)27-40(46(34)33-25-21-31(29-48)22-26-33)50-37-13-5-9-17-43(37)52-44-18-10-6-14-38(44)50/h3-27H,2H2,1H3. The van der Waals surface area contributed by atoms with Crippen molar-refractivity contribution >= 4 is 34.1 Å². The van der Waals surface area contributed by atoms with Crippen LogP contribution in [0.25, 0.3) is 22.3 Å². The summed E-state index contributed by atoms with van der Waals surface area (Å²) in [5, 5.41) is 19.5. The van der Waals surface area contributed by atoms with Crippen LogP contribution in [-0.4, -0.2) is 0 Å². The topological polar surface area (TPSA) is 72.5 Å². The van der Waals surface area contributed by atoms with Crippen molar-refractivity contribution in [1.82, 2.24) is 0 Å². The van der Waals surface area contributed by atoms with Crippen LogP contribution in [0.5, 0.6) is 23.0 Å². The molecule has 52 heavy (non-hydrogen) atoms. The molecule has 6 heteroatoms. The second-order valence-electron chi connectivity index (χ2n) is 12.6. The zero-order chi connectivity index (χ0) is 35.2. The van der Waals surface area contributed by atoms with E-state index in [9.17, 15) is 10.5 Å². The molecule has 0 spiro atoms. The molecule has 0 unspecified atom stereocenters. The van der Waals surface area contributed by atoms with Crippen LogP contribution >= 0.6 is 0 Å². The third-order valence-corrected chi connectivity index (χ3v) is 9.69. The van der Waals surface area contributed by atoms with Gasteiger partial charge >= 0.3 is 0 Å². The van der Waals surface area contributed by atoms with E-state index < -0.39 is 0 Å². The van der Waals surface area contributed by atoms with Gasteiger partial charge in [0.25, 0.3) is 0 Å². The molecule has 0 saturated heterocycles. The molecular formula is C46H30N4O2. The minimum atomic E-state index is 0.593. The van der Waals surface area contributed by atoms with Crippen molar-refractivity contribution in [1.29, 1.82) is 10.5 Å². The summed E-state index contributed by atoms with van der Waals surface area (Å²) in [6.07, 6.45) is 0.687. The third-order valence-electron chi connectivity index (χ3n) is 9.69. The number of fused-ring (bicyclic) bond motifs is 4. The molecule has 0 N–H and O–H groups in total. The summed E-state index contributed by atoms with van der Waals surface area (Å²) in [6.45, 7) is 2.19. The summed E-state index contributed by atoms with van der Waals surface area (Å²) in [6, 6.07) is 55.0. The lowest BCUT2D eigenvalue weighted by molar-refractivity contribution is 0.477. The Balaban J connectivity index is 1.45. The van der Waals surface area contributed by atoms with E-state index in [1.54, 1.807) is 0 Å². The molecule has 0 aliphatic carbocycles. The smallest absolute Gasteiger partial charge is 0.151 e. The Morgan fingerprint density at radius 1 is 0.442 bits per heavy atom. The molecule has 246 valence electrons. The molecule has 2 heterocycles. The fourth-order valence-electron chi connectivity index (χ4n) is 7.41. The molecule has 0 atom stereocenters. The maximum Gasteiger partial charge on any atom is 0.151 e. The van der Waals surface area contributed by atoms with E-state index >= 15 is 0 Å². The van der Waals surface area contributed by atoms with Gasteiger partial charge in [0.15, 0.2) is 23.0 Å². The SMILES string of the molecule is CCc1c(-c2ccc(C#N)cc2)c(N2c3ccccc3Oc3ccccc32)cc(N2c3ccccc3Oc3ccccc32)c1-c1ccc(C#N)cc1. The number of nitrogens with zero attached hydrogens (tertiary/aromatic N) is 4. The molecule has 2 aliphatic heterocycles. The van der Waals surface area contributed by atoms with Crippen molar-refractivity contribution in [3.05, 3.63) is 168 Å². The first kappa shape index (κ1) is 30.8. The normalized spacial score (nSPS) is 12.2. The van der Waals surface area contributed by atoms with Gasteiger partial charge < -0.3 is 19.3 Å². The highest BCUT2D eigenvalue weighted by Crippen LogP contribution is 2.58. The Morgan fingerprint density at radius 2 is 0.769 bits per heavy atom. The van der Waals surface area contributed by atoms with E-state index in [1.807, 2.05) is 121 Å².